The average molecular weight is 503 g/mol. The summed E-state index contributed by atoms with van der Waals surface area (Å²) in [7, 11) is -2.96. The molecule has 0 amide bonds. The Kier molecular flexibility index (Phi) is 7.86. The molecule has 0 radical (unpaired) electrons. The molecular formula is C28H39FO5Si. The second-order valence-corrected chi connectivity index (χ2v) is 16.3. The van der Waals surface area contributed by atoms with E-state index in [-0.39, 0.29) is 23.3 Å². The highest BCUT2D eigenvalue weighted by molar-refractivity contribution is 6.73. The molecule has 2 aromatic rings. The molecule has 0 unspecified atom stereocenters. The molecule has 0 spiro atoms. The van der Waals surface area contributed by atoms with Gasteiger partial charge in [0.15, 0.2) is 0 Å². The van der Waals surface area contributed by atoms with Gasteiger partial charge in [0.2, 0.25) is 6.36 Å². The van der Waals surface area contributed by atoms with Gasteiger partial charge in [-0.15, -0.1) is 0 Å². The molecule has 0 saturated carbocycles. The number of ether oxygens (including phenoxy) is 3. The number of fused-ring (bicyclic) bond motifs is 2. The molecule has 2 fully saturated rings. The molecule has 192 valence electrons. The highest BCUT2D eigenvalue weighted by Gasteiger charge is 2.64. The van der Waals surface area contributed by atoms with E-state index in [4.69, 9.17) is 23.1 Å². The Morgan fingerprint density at radius 3 is 1.77 bits per heavy atom. The molecule has 0 N–H and O–H groups in total. The van der Waals surface area contributed by atoms with E-state index in [9.17, 15) is 0 Å². The molecule has 2 aliphatic heterocycles. The zero-order valence-corrected chi connectivity index (χ0v) is 22.7. The number of benzene rings is 2. The van der Waals surface area contributed by atoms with E-state index in [1.54, 1.807) is 0 Å². The third-order valence-corrected chi connectivity index (χ3v) is 12.0. The Hall–Kier alpha value is -1.61. The van der Waals surface area contributed by atoms with Crippen LogP contribution < -0.4 is 0 Å². The third-order valence-electron chi connectivity index (χ3n) is 6.88. The molecule has 35 heavy (non-hydrogen) atoms. The predicted molar refractivity (Wildman–Crippen MR) is 136 cm³/mol. The molecule has 2 bridgehead atoms. The summed E-state index contributed by atoms with van der Waals surface area (Å²) < 4.78 is 47.6. The number of halogens is 1. The van der Waals surface area contributed by atoms with Crippen molar-refractivity contribution in [1.82, 2.24) is 0 Å². The summed E-state index contributed by atoms with van der Waals surface area (Å²) in [6.45, 7) is 13.7. The molecule has 2 aromatic carbocycles. The highest BCUT2D eigenvalue weighted by atomic mass is 28.4. The predicted octanol–water partition coefficient (Wildman–Crippen LogP) is 6.31. The largest absolute Gasteiger partial charge is 0.391 e. The Balaban J connectivity index is 1.67. The fraction of sp³-hybridized carbons (Fsp3) is 0.571. The van der Waals surface area contributed by atoms with Crippen molar-refractivity contribution in [3.8, 4) is 0 Å². The SMILES string of the molecule is CC(C)(C)[Si]1(C(C)(C)C)OC[C@H]2O[C@@H](F)[C@H](OCc3ccccc3)[C@@H](O1)[C@H]2OCc1ccccc1. The van der Waals surface area contributed by atoms with Gasteiger partial charge in [-0.3, -0.25) is 0 Å². The molecule has 2 aliphatic rings. The minimum Gasteiger partial charge on any atom is -0.391 e. The standard InChI is InChI=1S/C28H39FO5Si/c1-27(2,3)35(28(4,5)6)32-19-22-23(30-17-20-13-9-7-10-14-20)24(34-35)25(26(29)33-22)31-18-21-15-11-8-12-16-21/h7-16,22-26H,17-19H2,1-6H3/t22-,23+,24+,25-,26-/m1/s1. The van der Waals surface area contributed by atoms with Crippen molar-refractivity contribution in [2.24, 2.45) is 0 Å². The van der Waals surface area contributed by atoms with E-state index >= 15 is 4.39 Å². The second kappa shape index (κ2) is 10.4. The first-order valence-electron chi connectivity index (χ1n) is 12.4. The molecule has 0 aromatic heterocycles. The van der Waals surface area contributed by atoms with Crippen LogP contribution in [0.15, 0.2) is 60.7 Å². The van der Waals surface area contributed by atoms with Crippen LogP contribution in [0, 0.1) is 0 Å². The lowest BCUT2D eigenvalue weighted by Crippen LogP contribution is -2.63. The maximum atomic E-state index is 15.5. The van der Waals surface area contributed by atoms with E-state index < -0.39 is 39.3 Å². The van der Waals surface area contributed by atoms with Crippen LogP contribution in [0.4, 0.5) is 4.39 Å². The minimum atomic E-state index is -2.96. The first-order valence-corrected chi connectivity index (χ1v) is 14.3. The topological polar surface area (TPSA) is 46.2 Å². The van der Waals surface area contributed by atoms with Gasteiger partial charge >= 0.3 is 8.56 Å². The summed E-state index contributed by atoms with van der Waals surface area (Å²) in [5, 5.41) is -0.551. The number of hydrogen-bond acceptors (Lipinski definition) is 5. The Morgan fingerprint density at radius 1 is 0.800 bits per heavy atom. The Bertz CT molecular complexity index is 929. The van der Waals surface area contributed by atoms with Gasteiger partial charge in [0.1, 0.15) is 24.4 Å². The minimum absolute atomic E-state index is 0.225. The first kappa shape index (κ1) is 26.4. The van der Waals surface area contributed by atoms with Crippen LogP contribution in [0.3, 0.4) is 0 Å². The zero-order valence-electron chi connectivity index (χ0n) is 21.7. The fourth-order valence-electron chi connectivity index (χ4n) is 5.38. The average Bonchev–Trinajstić information content (AvgIpc) is 2.92. The number of rotatable bonds is 6. The normalized spacial score (nSPS) is 28.9. The van der Waals surface area contributed by atoms with Crippen molar-refractivity contribution in [2.45, 2.75) is 95.6 Å². The highest BCUT2D eigenvalue weighted by Crippen LogP contribution is 2.55. The molecular weight excluding hydrogens is 463 g/mol. The third kappa shape index (κ3) is 5.55. The lowest BCUT2D eigenvalue weighted by Gasteiger charge is -2.50. The Labute approximate surface area is 210 Å². The van der Waals surface area contributed by atoms with Gasteiger partial charge in [-0.05, 0) is 11.1 Å². The maximum absolute atomic E-state index is 15.5. The molecule has 5 atom stereocenters. The van der Waals surface area contributed by atoms with Crippen LogP contribution in [0.25, 0.3) is 0 Å². The summed E-state index contributed by atoms with van der Waals surface area (Å²) >= 11 is 0. The quantitative estimate of drug-likeness (QED) is 0.433. The van der Waals surface area contributed by atoms with Crippen molar-refractivity contribution in [3.05, 3.63) is 71.8 Å². The summed E-state index contributed by atoms with van der Waals surface area (Å²) in [5.41, 5.74) is 1.99. The van der Waals surface area contributed by atoms with Gasteiger partial charge in [0, 0.05) is 10.1 Å². The van der Waals surface area contributed by atoms with Crippen LogP contribution in [0.5, 0.6) is 0 Å². The smallest absolute Gasteiger partial charge is 0.349 e. The maximum Gasteiger partial charge on any atom is 0.349 e. The molecule has 7 heteroatoms. The van der Waals surface area contributed by atoms with Crippen molar-refractivity contribution in [2.75, 3.05) is 6.61 Å². The lowest BCUT2D eigenvalue weighted by atomic mass is 9.99. The van der Waals surface area contributed by atoms with Crippen LogP contribution in [-0.2, 0) is 36.3 Å². The Morgan fingerprint density at radius 2 is 1.29 bits per heavy atom. The summed E-state index contributed by atoms with van der Waals surface area (Å²) in [4.78, 5) is 0. The monoisotopic (exact) mass is 502 g/mol. The van der Waals surface area contributed by atoms with E-state index in [0.717, 1.165) is 11.1 Å². The molecule has 2 heterocycles. The van der Waals surface area contributed by atoms with Crippen molar-refractivity contribution in [1.29, 1.82) is 0 Å². The van der Waals surface area contributed by atoms with E-state index in [0.29, 0.717) is 6.61 Å². The van der Waals surface area contributed by atoms with Gasteiger partial charge in [-0.25, -0.2) is 4.39 Å². The summed E-state index contributed by atoms with van der Waals surface area (Å²) in [6, 6.07) is 19.7. The van der Waals surface area contributed by atoms with Gasteiger partial charge in [-0.2, -0.15) is 0 Å². The second-order valence-electron chi connectivity index (χ2n) is 11.6. The van der Waals surface area contributed by atoms with E-state index in [2.05, 4.69) is 41.5 Å². The van der Waals surface area contributed by atoms with Crippen LogP contribution >= 0.6 is 0 Å². The van der Waals surface area contributed by atoms with Gasteiger partial charge in [0.25, 0.3) is 0 Å². The van der Waals surface area contributed by atoms with Crippen molar-refractivity contribution < 1.29 is 27.5 Å². The molecule has 5 nitrogen and oxygen atoms in total. The zero-order chi connectivity index (χ0) is 25.3. The number of hydrogen-bond donors (Lipinski definition) is 0. The van der Waals surface area contributed by atoms with Gasteiger partial charge < -0.3 is 23.1 Å². The van der Waals surface area contributed by atoms with Crippen molar-refractivity contribution in [3.63, 3.8) is 0 Å². The fourth-order valence-corrected chi connectivity index (χ4v) is 10.3. The summed E-state index contributed by atoms with van der Waals surface area (Å²) in [5.74, 6) is 0. The van der Waals surface area contributed by atoms with Crippen LogP contribution in [0.1, 0.15) is 52.7 Å². The van der Waals surface area contributed by atoms with Crippen LogP contribution in [0.2, 0.25) is 10.1 Å². The summed E-state index contributed by atoms with van der Waals surface area (Å²) in [6.07, 6.45) is -4.36. The first-order chi connectivity index (χ1) is 16.5. The van der Waals surface area contributed by atoms with E-state index in [1.807, 2.05) is 60.7 Å². The molecule has 2 saturated heterocycles. The van der Waals surface area contributed by atoms with Crippen LogP contribution in [-0.4, -0.2) is 45.9 Å². The van der Waals surface area contributed by atoms with Gasteiger partial charge in [0.05, 0.1) is 19.8 Å². The molecule has 0 aliphatic carbocycles. The molecule has 4 rings (SSSR count). The van der Waals surface area contributed by atoms with E-state index in [1.165, 1.54) is 0 Å². The lowest BCUT2D eigenvalue weighted by molar-refractivity contribution is -0.274. The van der Waals surface area contributed by atoms with Gasteiger partial charge in [-0.1, -0.05) is 102 Å². The van der Waals surface area contributed by atoms with Crippen molar-refractivity contribution >= 4 is 8.56 Å². The number of alkyl halides is 1.